The number of cyclic esters (lactones) is 2. The second-order valence-electron chi connectivity index (χ2n) is 8.08. The van der Waals surface area contributed by atoms with E-state index in [2.05, 4.69) is 0 Å². The Balaban J connectivity index is 1.49. The molecule has 5 atom stereocenters. The van der Waals surface area contributed by atoms with Gasteiger partial charge in [-0.1, -0.05) is 32.0 Å². The molecule has 1 aromatic rings. The Morgan fingerprint density at radius 2 is 1.86 bits per heavy atom. The molecule has 3 heterocycles. The van der Waals surface area contributed by atoms with Crippen molar-refractivity contribution >= 4 is 23.9 Å². The molecule has 8 heteroatoms. The maximum Gasteiger partial charge on any atom is 0.338 e. The van der Waals surface area contributed by atoms with Crippen molar-refractivity contribution in [1.29, 1.82) is 0 Å². The third kappa shape index (κ3) is 3.31. The highest BCUT2D eigenvalue weighted by Crippen LogP contribution is 2.57. The van der Waals surface area contributed by atoms with Gasteiger partial charge in [0.15, 0.2) is 0 Å². The van der Waals surface area contributed by atoms with E-state index < -0.39 is 47.4 Å². The summed E-state index contributed by atoms with van der Waals surface area (Å²) in [5.41, 5.74) is -0.710. The Labute approximate surface area is 167 Å². The minimum Gasteiger partial charge on any atom is -0.462 e. The van der Waals surface area contributed by atoms with Gasteiger partial charge in [-0.15, -0.1) is 0 Å². The lowest BCUT2D eigenvalue weighted by Gasteiger charge is -2.31. The third-order valence-electron chi connectivity index (χ3n) is 5.82. The van der Waals surface area contributed by atoms with E-state index in [0.29, 0.717) is 12.0 Å². The van der Waals surface area contributed by atoms with Gasteiger partial charge in [-0.05, 0) is 18.6 Å². The molecule has 29 heavy (non-hydrogen) atoms. The summed E-state index contributed by atoms with van der Waals surface area (Å²) < 4.78 is 21.7. The average molecular weight is 402 g/mol. The van der Waals surface area contributed by atoms with Crippen molar-refractivity contribution in [3.8, 4) is 0 Å². The largest absolute Gasteiger partial charge is 0.462 e. The number of carbonyl (C=O) groups is 4. The Bertz CT molecular complexity index is 847. The predicted molar refractivity (Wildman–Crippen MR) is 96.3 cm³/mol. The molecule has 0 N–H and O–H groups in total. The first-order valence-corrected chi connectivity index (χ1v) is 9.64. The number of benzene rings is 1. The molecule has 0 spiro atoms. The van der Waals surface area contributed by atoms with Gasteiger partial charge >= 0.3 is 23.9 Å². The van der Waals surface area contributed by atoms with E-state index in [1.165, 1.54) is 0 Å². The van der Waals surface area contributed by atoms with Crippen molar-refractivity contribution in [2.45, 2.75) is 32.0 Å². The van der Waals surface area contributed by atoms with Crippen LogP contribution >= 0.6 is 0 Å². The number of ether oxygens (including phenoxy) is 4. The van der Waals surface area contributed by atoms with Crippen molar-refractivity contribution < 1.29 is 38.1 Å². The first-order chi connectivity index (χ1) is 13.8. The zero-order chi connectivity index (χ0) is 20.8. The standard InChI is InChI=1S/C21H22O8/c1-11(2)17(22)27-10-21-8-13(9-26-18(23)12-6-4-3-5-7-12)16(29-21)14-15(21)20(25)28-19(14)24/h3-7,11,13-16H,8-10H2,1-2H3/t13-,14?,15?,16+,21-/m1/s1. The summed E-state index contributed by atoms with van der Waals surface area (Å²) >= 11 is 0. The molecule has 3 fully saturated rings. The van der Waals surface area contributed by atoms with E-state index >= 15 is 0 Å². The monoisotopic (exact) mass is 402 g/mol. The molecule has 3 saturated heterocycles. The van der Waals surface area contributed by atoms with Crippen LogP contribution in [0.5, 0.6) is 0 Å². The van der Waals surface area contributed by atoms with Gasteiger partial charge in [0.2, 0.25) is 0 Å². The first-order valence-electron chi connectivity index (χ1n) is 9.64. The molecule has 3 aliphatic rings. The van der Waals surface area contributed by atoms with E-state index in [1.54, 1.807) is 44.2 Å². The van der Waals surface area contributed by atoms with Gasteiger partial charge in [-0.3, -0.25) is 14.4 Å². The Hall–Kier alpha value is -2.74. The van der Waals surface area contributed by atoms with Gasteiger partial charge in [0, 0.05) is 5.92 Å². The SMILES string of the molecule is CC(C)C(=O)OC[C@@]12C[C@H](COC(=O)c3ccccc3)[C@H](O1)C1C(=O)OC(=O)C12. The van der Waals surface area contributed by atoms with Crippen LogP contribution in [0.25, 0.3) is 0 Å². The molecule has 8 nitrogen and oxygen atoms in total. The first kappa shape index (κ1) is 19.6. The van der Waals surface area contributed by atoms with Gasteiger partial charge in [0.25, 0.3) is 0 Å². The quantitative estimate of drug-likeness (QED) is 0.401. The molecular weight excluding hydrogens is 380 g/mol. The number of esters is 4. The van der Waals surface area contributed by atoms with Crippen molar-refractivity contribution in [2.75, 3.05) is 13.2 Å². The lowest BCUT2D eigenvalue weighted by atomic mass is 9.69. The Morgan fingerprint density at radius 3 is 2.55 bits per heavy atom. The van der Waals surface area contributed by atoms with Crippen LogP contribution in [-0.4, -0.2) is 48.8 Å². The van der Waals surface area contributed by atoms with Gasteiger partial charge in [-0.2, -0.15) is 0 Å². The molecule has 2 bridgehead atoms. The minimum absolute atomic E-state index is 0.0307. The topological polar surface area (TPSA) is 105 Å². The second kappa shape index (κ2) is 7.26. The highest BCUT2D eigenvalue weighted by atomic mass is 16.6. The molecule has 1 aromatic carbocycles. The Kier molecular flexibility index (Phi) is 4.90. The van der Waals surface area contributed by atoms with Crippen LogP contribution in [0.4, 0.5) is 0 Å². The minimum atomic E-state index is -1.13. The normalized spacial score (nSPS) is 32.2. The van der Waals surface area contributed by atoms with Crippen molar-refractivity contribution in [1.82, 2.24) is 0 Å². The molecule has 3 aliphatic heterocycles. The molecule has 0 saturated carbocycles. The summed E-state index contributed by atoms with van der Waals surface area (Å²) in [4.78, 5) is 48.6. The van der Waals surface area contributed by atoms with Crippen LogP contribution in [0.1, 0.15) is 30.6 Å². The Morgan fingerprint density at radius 1 is 1.14 bits per heavy atom. The number of hydrogen-bond donors (Lipinski definition) is 0. The fraction of sp³-hybridized carbons (Fsp3) is 0.524. The van der Waals surface area contributed by atoms with Crippen LogP contribution in [0.3, 0.4) is 0 Å². The van der Waals surface area contributed by atoms with Crippen LogP contribution < -0.4 is 0 Å². The maximum absolute atomic E-state index is 12.2. The summed E-state index contributed by atoms with van der Waals surface area (Å²) in [6, 6.07) is 8.57. The summed E-state index contributed by atoms with van der Waals surface area (Å²) in [5.74, 6) is -4.39. The van der Waals surface area contributed by atoms with E-state index in [4.69, 9.17) is 18.9 Å². The molecule has 2 unspecified atom stereocenters. The van der Waals surface area contributed by atoms with E-state index in [9.17, 15) is 19.2 Å². The molecular formula is C21H22O8. The van der Waals surface area contributed by atoms with Gasteiger partial charge in [-0.25, -0.2) is 4.79 Å². The molecule has 4 rings (SSSR count). The summed E-state index contributed by atoms with van der Waals surface area (Å²) in [7, 11) is 0. The van der Waals surface area contributed by atoms with Gasteiger partial charge in [0.1, 0.15) is 24.0 Å². The molecule has 0 radical (unpaired) electrons. The summed E-state index contributed by atoms with van der Waals surface area (Å²) in [6.07, 6.45) is -0.297. The van der Waals surface area contributed by atoms with Crippen LogP contribution in [0.15, 0.2) is 30.3 Å². The number of fused-ring (bicyclic) bond motifs is 5. The molecule has 0 aromatic heterocycles. The van der Waals surface area contributed by atoms with Gasteiger partial charge in [0.05, 0.1) is 24.2 Å². The molecule has 154 valence electrons. The second-order valence-corrected chi connectivity index (χ2v) is 8.08. The van der Waals surface area contributed by atoms with E-state index in [1.807, 2.05) is 0 Å². The van der Waals surface area contributed by atoms with Crippen molar-refractivity contribution in [3.05, 3.63) is 35.9 Å². The fourth-order valence-electron chi connectivity index (χ4n) is 4.46. The zero-order valence-electron chi connectivity index (χ0n) is 16.2. The van der Waals surface area contributed by atoms with E-state index in [-0.39, 0.29) is 25.0 Å². The number of hydrogen-bond acceptors (Lipinski definition) is 8. The lowest BCUT2D eigenvalue weighted by Crippen LogP contribution is -2.47. The fourth-order valence-corrected chi connectivity index (χ4v) is 4.46. The highest BCUT2D eigenvalue weighted by molar-refractivity contribution is 5.98. The maximum atomic E-state index is 12.2. The van der Waals surface area contributed by atoms with Crippen LogP contribution in [0, 0.1) is 23.7 Å². The highest BCUT2D eigenvalue weighted by Gasteiger charge is 2.72. The third-order valence-corrected chi connectivity index (χ3v) is 5.82. The number of carbonyl (C=O) groups excluding carboxylic acids is 4. The zero-order valence-corrected chi connectivity index (χ0v) is 16.2. The van der Waals surface area contributed by atoms with Crippen LogP contribution in [0.2, 0.25) is 0 Å². The van der Waals surface area contributed by atoms with Crippen molar-refractivity contribution in [2.24, 2.45) is 23.7 Å². The molecule has 0 aliphatic carbocycles. The average Bonchev–Trinajstić information content (AvgIpc) is 3.34. The lowest BCUT2D eigenvalue weighted by molar-refractivity contribution is -0.167. The van der Waals surface area contributed by atoms with Crippen molar-refractivity contribution in [3.63, 3.8) is 0 Å². The summed E-state index contributed by atoms with van der Waals surface area (Å²) in [5, 5.41) is 0. The number of rotatable bonds is 6. The van der Waals surface area contributed by atoms with Gasteiger partial charge < -0.3 is 18.9 Å². The summed E-state index contributed by atoms with van der Waals surface area (Å²) in [6.45, 7) is 3.29. The smallest absolute Gasteiger partial charge is 0.338 e. The predicted octanol–water partition coefficient (Wildman–Crippen LogP) is 1.52. The van der Waals surface area contributed by atoms with E-state index in [0.717, 1.165) is 0 Å². The van der Waals surface area contributed by atoms with Crippen LogP contribution in [-0.2, 0) is 33.3 Å². The molecule has 0 amide bonds.